The van der Waals surface area contributed by atoms with Crippen molar-refractivity contribution in [3.05, 3.63) is 29.3 Å². The van der Waals surface area contributed by atoms with Crippen LogP contribution in [0.5, 0.6) is 5.75 Å². The number of nitrogens with zero attached hydrogens (tertiary/aromatic N) is 2. The Kier molecular flexibility index (Phi) is 5.42. The number of aliphatic hydroxyl groups excluding tert-OH is 1. The van der Waals surface area contributed by atoms with Gasteiger partial charge in [0.05, 0.1) is 6.10 Å². The highest BCUT2D eigenvalue weighted by Gasteiger charge is 2.37. The van der Waals surface area contributed by atoms with Crippen molar-refractivity contribution in [3.63, 3.8) is 0 Å². The van der Waals surface area contributed by atoms with E-state index in [-0.39, 0.29) is 11.8 Å². The zero-order chi connectivity index (χ0) is 19.0. The zero-order valence-electron chi connectivity index (χ0n) is 16.5. The first kappa shape index (κ1) is 18.8. The smallest absolute Gasteiger partial charge is 0.217 e. The molecular weight excluding hydrogens is 340 g/mol. The molecule has 5 heteroatoms. The molecule has 148 valence electrons. The van der Waals surface area contributed by atoms with Crippen LogP contribution >= 0.6 is 0 Å². The van der Waals surface area contributed by atoms with Crippen LogP contribution in [-0.4, -0.2) is 58.9 Å². The standard InChI is InChI=1S/C22H32N2O3/c1-14-10-16-6-3-4-7-17(16)11-24(14)12-21(26)19-13-27-22(23-19)18-8-5-9-20(25)15(18)2/h5,8-9,14,16-17,19,21,25-26H,3-4,6-7,10-13H2,1-2H3/t14-,16+,17-,19?,21?/m1/s1. The predicted molar refractivity (Wildman–Crippen MR) is 106 cm³/mol. The Morgan fingerprint density at radius 1 is 1.26 bits per heavy atom. The molecule has 0 bridgehead atoms. The summed E-state index contributed by atoms with van der Waals surface area (Å²) in [5.74, 6) is 2.46. The lowest BCUT2D eigenvalue weighted by Crippen LogP contribution is -2.51. The van der Waals surface area contributed by atoms with Gasteiger partial charge in [0.1, 0.15) is 18.4 Å². The van der Waals surface area contributed by atoms with E-state index in [2.05, 4.69) is 16.8 Å². The van der Waals surface area contributed by atoms with Gasteiger partial charge in [-0.25, -0.2) is 4.99 Å². The summed E-state index contributed by atoms with van der Waals surface area (Å²) in [6, 6.07) is 5.65. The maximum absolute atomic E-state index is 10.8. The third-order valence-electron chi connectivity index (χ3n) is 6.88. The number of phenolic OH excluding ortho intramolecular Hbond substituents is 1. The van der Waals surface area contributed by atoms with Crippen LogP contribution in [-0.2, 0) is 4.74 Å². The van der Waals surface area contributed by atoms with Crippen LogP contribution in [0.4, 0.5) is 0 Å². The van der Waals surface area contributed by atoms with Gasteiger partial charge in [0.15, 0.2) is 0 Å². The fourth-order valence-corrected chi connectivity index (χ4v) is 5.11. The van der Waals surface area contributed by atoms with Crippen molar-refractivity contribution >= 4 is 5.90 Å². The Labute approximate surface area is 162 Å². The summed E-state index contributed by atoms with van der Waals surface area (Å²) in [4.78, 5) is 7.10. The molecule has 2 aliphatic heterocycles. The summed E-state index contributed by atoms with van der Waals surface area (Å²) in [7, 11) is 0. The number of ether oxygens (including phenoxy) is 1. The topological polar surface area (TPSA) is 65.3 Å². The number of benzene rings is 1. The average molecular weight is 373 g/mol. The molecular formula is C22H32N2O3. The molecule has 27 heavy (non-hydrogen) atoms. The zero-order valence-corrected chi connectivity index (χ0v) is 16.5. The Morgan fingerprint density at radius 2 is 2.04 bits per heavy atom. The highest BCUT2D eigenvalue weighted by atomic mass is 16.5. The van der Waals surface area contributed by atoms with Crippen LogP contribution in [0.25, 0.3) is 0 Å². The van der Waals surface area contributed by atoms with Gasteiger partial charge in [0.25, 0.3) is 0 Å². The SMILES string of the molecule is Cc1c(O)cccc1C1=NC(C(O)CN2C[C@H]3CCCC[C@H]3C[C@H]2C)CO1. The molecule has 2 N–H and O–H groups in total. The van der Waals surface area contributed by atoms with Crippen LogP contribution in [0.1, 0.15) is 50.2 Å². The molecule has 0 aromatic heterocycles. The van der Waals surface area contributed by atoms with E-state index in [1.165, 1.54) is 32.1 Å². The number of fused-ring (bicyclic) bond motifs is 1. The van der Waals surface area contributed by atoms with E-state index in [1.807, 2.05) is 13.0 Å². The third-order valence-corrected chi connectivity index (χ3v) is 6.88. The number of aliphatic hydroxyl groups is 1. The molecule has 1 aliphatic carbocycles. The number of rotatable bonds is 4. The molecule has 0 spiro atoms. The molecule has 0 radical (unpaired) electrons. The van der Waals surface area contributed by atoms with E-state index in [4.69, 9.17) is 4.74 Å². The summed E-state index contributed by atoms with van der Waals surface area (Å²) >= 11 is 0. The highest BCUT2D eigenvalue weighted by Crippen LogP contribution is 2.38. The lowest BCUT2D eigenvalue weighted by molar-refractivity contribution is 0.00538. The van der Waals surface area contributed by atoms with E-state index < -0.39 is 6.10 Å². The van der Waals surface area contributed by atoms with Gasteiger partial charge in [0, 0.05) is 30.3 Å². The first-order valence-corrected chi connectivity index (χ1v) is 10.4. The number of aliphatic imine (C=N–C) groups is 1. The van der Waals surface area contributed by atoms with Crippen LogP contribution in [0, 0.1) is 18.8 Å². The van der Waals surface area contributed by atoms with E-state index in [9.17, 15) is 10.2 Å². The Bertz CT molecular complexity index is 705. The van der Waals surface area contributed by atoms with Gasteiger partial charge in [-0.3, -0.25) is 4.90 Å². The number of hydrogen-bond acceptors (Lipinski definition) is 5. The number of β-amino-alcohol motifs (C(OH)–C–C–N with tert-alkyl or cyclic N) is 1. The van der Waals surface area contributed by atoms with Gasteiger partial charge < -0.3 is 14.9 Å². The van der Waals surface area contributed by atoms with Crippen molar-refractivity contribution in [2.24, 2.45) is 16.8 Å². The first-order valence-electron chi connectivity index (χ1n) is 10.4. The second kappa shape index (κ2) is 7.80. The maximum Gasteiger partial charge on any atom is 0.217 e. The first-order chi connectivity index (χ1) is 13.0. The minimum atomic E-state index is -0.525. The predicted octanol–water partition coefficient (Wildman–Crippen LogP) is 3.11. The number of hydrogen-bond donors (Lipinski definition) is 2. The minimum Gasteiger partial charge on any atom is -0.508 e. The molecule has 1 saturated heterocycles. The van der Waals surface area contributed by atoms with Gasteiger partial charge in [-0.15, -0.1) is 0 Å². The number of phenols is 1. The summed E-state index contributed by atoms with van der Waals surface area (Å²) in [6.45, 7) is 6.33. The molecule has 2 heterocycles. The lowest BCUT2D eigenvalue weighted by Gasteiger charge is -2.45. The molecule has 2 fully saturated rings. The highest BCUT2D eigenvalue weighted by molar-refractivity contribution is 5.97. The van der Waals surface area contributed by atoms with Crippen molar-refractivity contribution in [2.75, 3.05) is 19.7 Å². The lowest BCUT2D eigenvalue weighted by atomic mass is 9.73. The van der Waals surface area contributed by atoms with E-state index in [0.717, 1.165) is 29.5 Å². The third kappa shape index (κ3) is 3.85. The van der Waals surface area contributed by atoms with Crippen LogP contribution in [0.15, 0.2) is 23.2 Å². The van der Waals surface area contributed by atoms with E-state index in [1.54, 1.807) is 12.1 Å². The average Bonchev–Trinajstić information content (AvgIpc) is 3.14. The molecule has 1 saturated carbocycles. The summed E-state index contributed by atoms with van der Waals surface area (Å²) in [5.41, 5.74) is 1.57. The number of piperidine rings is 1. The van der Waals surface area contributed by atoms with Gasteiger partial charge in [-0.2, -0.15) is 0 Å². The second-order valence-corrected chi connectivity index (χ2v) is 8.67. The van der Waals surface area contributed by atoms with Crippen molar-refractivity contribution in [2.45, 2.75) is 64.1 Å². The summed E-state index contributed by atoms with van der Waals surface area (Å²) in [5, 5.41) is 20.7. The Balaban J connectivity index is 1.40. The molecule has 0 amide bonds. The number of likely N-dealkylation sites (tertiary alicyclic amines) is 1. The molecule has 5 nitrogen and oxygen atoms in total. The Morgan fingerprint density at radius 3 is 2.85 bits per heavy atom. The van der Waals surface area contributed by atoms with Gasteiger partial charge in [0.2, 0.25) is 5.90 Å². The normalized spacial score (nSPS) is 32.5. The molecule has 1 aromatic rings. The van der Waals surface area contributed by atoms with E-state index in [0.29, 0.717) is 25.1 Å². The van der Waals surface area contributed by atoms with E-state index >= 15 is 0 Å². The monoisotopic (exact) mass is 372 g/mol. The maximum atomic E-state index is 10.8. The van der Waals surface area contributed by atoms with Crippen LogP contribution < -0.4 is 0 Å². The number of aromatic hydroxyl groups is 1. The van der Waals surface area contributed by atoms with Gasteiger partial charge in [-0.1, -0.05) is 25.3 Å². The molecule has 2 unspecified atom stereocenters. The fraction of sp³-hybridized carbons (Fsp3) is 0.682. The van der Waals surface area contributed by atoms with Crippen molar-refractivity contribution in [1.29, 1.82) is 0 Å². The molecule has 5 atom stereocenters. The Hall–Kier alpha value is -1.59. The van der Waals surface area contributed by atoms with Crippen LogP contribution in [0.3, 0.4) is 0 Å². The van der Waals surface area contributed by atoms with Crippen LogP contribution in [0.2, 0.25) is 0 Å². The molecule has 4 rings (SSSR count). The fourth-order valence-electron chi connectivity index (χ4n) is 5.11. The molecule has 3 aliphatic rings. The quantitative estimate of drug-likeness (QED) is 0.852. The minimum absolute atomic E-state index is 0.238. The van der Waals surface area contributed by atoms with Gasteiger partial charge in [-0.05, 0) is 50.7 Å². The van der Waals surface area contributed by atoms with Crippen molar-refractivity contribution in [1.82, 2.24) is 4.90 Å². The second-order valence-electron chi connectivity index (χ2n) is 8.67. The summed E-state index contributed by atoms with van der Waals surface area (Å²) in [6.07, 6.45) is 6.22. The molecule has 1 aromatic carbocycles. The van der Waals surface area contributed by atoms with Crippen molar-refractivity contribution in [3.8, 4) is 5.75 Å². The van der Waals surface area contributed by atoms with Crippen molar-refractivity contribution < 1.29 is 14.9 Å². The van der Waals surface area contributed by atoms with Gasteiger partial charge >= 0.3 is 0 Å². The summed E-state index contributed by atoms with van der Waals surface area (Å²) < 4.78 is 5.77. The largest absolute Gasteiger partial charge is 0.508 e.